The van der Waals surface area contributed by atoms with Crippen LogP contribution in [0.5, 0.6) is 0 Å². The van der Waals surface area contributed by atoms with Crippen molar-refractivity contribution in [3.05, 3.63) is 65.2 Å². The Morgan fingerprint density at radius 1 is 1.17 bits per heavy atom. The van der Waals surface area contributed by atoms with Crippen molar-refractivity contribution in [2.45, 2.75) is 37.0 Å². The van der Waals surface area contributed by atoms with Crippen LogP contribution in [0.4, 0.5) is 0 Å². The number of amides is 1. The Labute approximate surface area is 178 Å². The van der Waals surface area contributed by atoms with E-state index in [9.17, 15) is 18.4 Å². The number of hydrogen-bond acceptors (Lipinski definition) is 5. The highest BCUT2D eigenvalue weighted by molar-refractivity contribution is 7.90. The van der Waals surface area contributed by atoms with E-state index < -0.39 is 9.84 Å². The number of carbonyl (C=O) groups excluding carboxylic acids is 1. The van der Waals surface area contributed by atoms with Crippen LogP contribution in [-0.2, 0) is 21.1 Å². The zero-order valence-electron chi connectivity index (χ0n) is 17.6. The number of likely N-dealkylation sites (tertiary alicyclic amines) is 1. The van der Waals surface area contributed by atoms with Gasteiger partial charge in [0.2, 0.25) is 5.91 Å². The summed E-state index contributed by atoms with van der Waals surface area (Å²) in [6, 6.07) is 15.0. The summed E-state index contributed by atoms with van der Waals surface area (Å²) in [6.45, 7) is 2.39. The molecule has 6 nitrogen and oxygen atoms in total. The molecule has 0 radical (unpaired) electrons. The predicted octanol–water partition coefficient (Wildman–Crippen LogP) is 3.42. The lowest BCUT2D eigenvalue weighted by Crippen LogP contribution is -2.45. The highest BCUT2D eigenvalue weighted by atomic mass is 32.2. The molecule has 160 valence electrons. The van der Waals surface area contributed by atoms with Crippen molar-refractivity contribution >= 4 is 21.5 Å². The van der Waals surface area contributed by atoms with Crippen LogP contribution in [0.3, 0.4) is 0 Å². The van der Waals surface area contributed by atoms with E-state index in [1.165, 1.54) is 17.4 Å². The molecule has 0 aromatic heterocycles. The fraction of sp³-hybridized carbons (Fsp3) is 0.391. The van der Waals surface area contributed by atoms with E-state index in [1.54, 1.807) is 36.2 Å². The van der Waals surface area contributed by atoms with Gasteiger partial charge in [0.25, 0.3) is 0 Å². The molecule has 1 aliphatic rings. The first kappa shape index (κ1) is 22.0. The molecule has 2 aromatic carbocycles. The van der Waals surface area contributed by atoms with Crippen LogP contribution in [0.2, 0.25) is 0 Å². The molecule has 0 spiro atoms. The van der Waals surface area contributed by atoms with Gasteiger partial charge in [0.15, 0.2) is 9.84 Å². The lowest BCUT2D eigenvalue weighted by molar-refractivity contribution is -0.135. The Hall–Kier alpha value is -2.67. The van der Waals surface area contributed by atoms with Crippen molar-refractivity contribution in [3.8, 4) is 0 Å². The van der Waals surface area contributed by atoms with Crippen LogP contribution in [0.15, 0.2) is 58.6 Å². The monoisotopic (exact) mass is 428 g/mol. The number of rotatable bonds is 6. The van der Waals surface area contributed by atoms with E-state index in [4.69, 9.17) is 0 Å². The Bertz CT molecular complexity index is 1050. The van der Waals surface area contributed by atoms with Crippen LogP contribution >= 0.6 is 0 Å². The van der Waals surface area contributed by atoms with E-state index in [0.29, 0.717) is 18.7 Å². The Kier molecular flexibility index (Phi) is 6.61. The van der Waals surface area contributed by atoms with Gasteiger partial charge in [-0.25, -0.2) is 8.42 Å². The molecule has 1 saturated heterocycles. The number of aryl methyl sites for hydroxylation is 2. The number of piperidine rings is 1. The highest BCUT2D eigenvalue weighted by Crippen LogP contribution is 2.36. The Morgan fingerprint density at radius 3 is 2.43 bits per heavy atom. The second-order valence-electron chi connectivity index (χ2n) is 8.08. The third kappa shape index (κ3) is 4.90. The zero-order chi connectivity index (χ0) is 21.9. The number of benzene rings is 2. The Balaban J connectivity index is 1.95. The van der Waals surface area contributed by atoms with E-state index in [1.807, 2.05) is 12.1 Å². The first-order valence-electron chi connectivity index (χ1n) is 10.00. The van der Waals surface area contributed by atoms with Crippen LogP contribution < -0.4 is 0 Å². The molecule has 7 heteroatoms. The summed E-state index contributed by atoms with van der Waals surface area (Å²) >= 11 is 0. The normalized spacial score (nSPS) is 19.8. The first-order valence-corrected chi connectivity index (χ1v) is 11.9. The molecule has 1 aliphatic heterocycles. The van der Waals surface area contributed by atoms with Gasteiger partial charge in [-0.15, -0.1) is 0 Å². The van der Waals surface area contributed by atoms with Crippen LogP contribution in [0.1, 0.15) is 35.4 Å². The smallest absolute Gasteiger partial charge is 0.226 e. The van der Waals surface area contributed by atoms with Gasteiger partial charge in [-0.1, -0.05) is 41.6 Å². The molecule has 30 heavy (non-hydrogen) atoms. The van der Waals surface area contributed by atoms with Crippen molar-refractivity contribution in [3.63, 3.8) is 0 Å². The fourth-order valence-corrected chi connectivity index (χ4v) is 4.82. The van der Waals surface area contributed by atoms with Crippen molar-refractivity contribution in [1.82, 2.24) is 4.90 Å². The summed E-state index contributed by atoms with van der Waals surface area (Å²) in [5, 5.41) is 12.7. The summed E-state index contributed by atoms with van der Waals surface area (Å²) in [5.74, 6) is -0.461. The van der Waals surface area contributed by atoms with Crippen LogP contribution in [0, 0.1) is 12.8 Å². The molecule has 2 atom stereocenters. The third-order valence-electron chi connectivity index (χ3n) is 5.92. The maximum absolute atomic E-state index is 13.0. The first-order chi connectivity index (χ1) is 14.2. The Morgan fingerprint density at radius 2 is 1.83 bits per heavy atom. The molecule has 1 amide bonds. The zero-order valence-corrected chi connectivity index (χ0v) is 18.4. The highest BCUT2D eigenvalue weighted by Gasteiger charge is 2.37. The maximum atomic E-state index is 13.0. The fourth-order valence-electron chi connectivity index (χ4n) is 4.19. The minimum absolute atomic E-state index is 0.0179. The summed E-state index contributed by atoms with van der Waals surface area (Å²) < 4.78 is 23.7. The summed E-state index contributed by atoms with van der Waals surface area (Å²) in [6.07, 6.45) is 3.10. The van der Waals surface area contributed by atoms with Gasteiger partial charge in [-0.05, 0) is 54.5 Å². The molecular weight excluding hydrogens is 400 g/mol. The molecule has 1 heterocycles. The summed E-state index contributed by atoms with van der Waals surface area (Å²) in [7, 11) is -1.58. The number of nitrogens with zero attached hydrogens (tertiary/aromatic N) is 2. The van der Waals surface area contributed by atoms with Crippen molar-refractivity contribution in [2.24, 2.45) is 11.1 Å². The molecule has 0 saturated carbocycles. The summed E-state index contributed by atoms with van der Waals surface area (Å²) in [4.78, 5) is 14.8. The quantitative estimate of drug-likeness (QED) is 0.564. The number of oxime groups is 1. The van der Waals surface area contributed by atoms with Gasteiger partial charge in [-0.2, -0.15) is 0 Å². The molecule has 2 unspecified atom stereocenters. The van der Waals surface area contributed by atoms with E-state index in [2.05, 4.69) is 24.2 Å². The average Bonchev–Trinajstić information content (AvgIpc) is 2.71. The van der Waals surface area contributed by atoms with Gasteiger partial charge >= 0.3 is 0 Å². The largest absolute Gasteiger partial charge is 0.411 e. The standard InChI is InChI=1S/C23H28N2O4S/c1-16-6-4-5-7-17(16)10-13-21(18-8-11-20(12-9-18)30(3,28)29)22-14-19(24-27)15-25(2)23(22)26/h4-9,11-12,21-22,27H,10,13-15H2,1-3H3. The van der Waals surface area contributed by atoms with E-state index >= 15 is 0 Å². The molecule has 2 aromatic rings. The van der Waals surface area contributed by atoms with Gasteiger partial charge in [-0.3, -0.25) is 4.79 Å². The molecule has 0 aliphatic carbocycles. The van der Waals surface area contributed by atoms with E-state index in [-0.39, 0.29) is 22.6 Å². The van der Waals surface area contributed by atoms with Crippen LogP contribution in [0.25, 0.3) is 0 Å². The van der Waals surface area contributed by atoms with Gasteiger partial charge in [0.1, 0.15) is 0 Å². The van der Waals surface area contributed by atoms with Gasteiger partial charge < -0.3 is 10.1 Å². The minimum atomic E-state index is -3.29. The number of carbonyl (C=O) groups is 1. The average molecular weight is 429 g/mol. The van der Waals surface area contributed by atoms with Gasteiger partial charge in [0, 0.05) is 19.7 Å². The number of hydrogen-bond donors (Lipinski definition) is 1. The second-order valence-corrected chi connectivity index (χ2v) is 10.1. The lowest BCUT2D eigenvalue weighted by Gasteiger charge is -2.35. The van der Waals surface area contributed by atoms with Crippen LogP contribution in [-0.4, -0.2) is 50.0 Å². The van der Waals surface area contributed by atoms with Crippen molar-refractivity contribution in [1.29, 1.82) is 0 Å². The number of sulfone groups is 1. The topological polar surface area (TPSA) is 87.0 Å². The van der Waals surface area contributed by atoms with Crippen molar-refractivity contribution in [2.75, 3.05) is 19.8 Å². The molecule has 0 bridgehead atoms. The third-order valence-corrected chi connectivity index (χ3v) is 7.05. The maximum Gasteiger partial charge on any atom is 0.226 e. The molecule has 1 fully saturated rings. The molecular formula is C23H28N2O4S. The SMILES string of the molecule is Cc1ccccc1CCC(c1ccc(S(C)(=O)=O)cc1)C1CC(=NO)CN(C)C1=O. The van der Waals surface area contributed by atoms with Gasteiger partial charge in [0.05, 0.1) is 23.1 Å². The molecule has 1 N–H and O–H groups in total. The van der Waals surface area contributed by atoms with Crippen molar-refractivity contribution < 1.29 is 18.4 Å². The van der Waals surface area contributed by atoms with E-state index in [0.717, 1.165) is 18.4 Å². The second kappa shape index (κ2) is 9.00. The lowest BCUT2D eigenvalue weighted by atomic mass is 9.77. The summed E-state index contributed by atoms with van der Waals surface area (Å²) in [5.41, 5.74) is 3.92. The predicted molar refractivity (Wildman–Crippen MR) is 117 cm³/mol. The minimum Gasteiger partial charge on any atom is -0.411 e. The molecule has 3 rings (SSSR count).